The van der Waals surface area contributed by atoms with Crippen molar-refractivity contribution in [3.63, 3.8) is 0 Å². The number of rotatable bonds is 3. The normalized spacial score (nSPS) is 23.6. The number of hydrogen-bond acceptors (Lipinski definition) is 2. The average Bonchev–Trinajstić information content (AvgIpc) is 3.15. The minimum Gasteiger partial charge on any atom is -0.326 e. The molecule has 1 aromatic carbocycles. The number of carbonyl (C=O) groups excluding carboxylic acids is 1. The molecule has 1 spiro atoms. The van der Waals surface area contributed by atoms with Crippen LogP contribution in [-0.4, -0.2) is 19.0 Å². The highest BCUT2D eigenvalue weighted by molar-refractivity contribution is 5.95. The Morgan fingerprint density at radius 3 is 2.85 bits per heavy atom. The number of benzene rings is 1. The van der Waals surface area contributed by atoms with Gasteiger partial charge in [-0.15, -0.1) is 0 Å². The van der Waals surface area contributed by atoms with Gasteiger partial charge in [0.1, 0.15) is 0 Å². The summed E-state index contributed by atoms with van der Waals surface area (Å²) in [5.41, 5.74) is 3.88. The van der Waals surface area contributed by atoms with Crippen LogP contribution in [0.5, 0.6) is 0 Å². The van der Waals surface area contributed by atoms with E-state index < -0.39 is 0 Å². The Hall–Kier alpha value is -1.35. The maximum atomic E-state index is 12.4. The SMILES string of the molecule is CCc1cc(NC(=O)C2CC23CCNCC3)ccc1C. The highest BCUT2D eigenvalue weighted by Crippen LogP contribution is 2.58. The summed E-state index contributed by atoms with van der Waals surface area (Å²) in [5.74, 6) is 0.453. The van der Waals surface area contributed by atoms with E-state index in [-0.39, 0.29) is 11.8 Å². The molecule has 0 radical (unpaired) electrons. The number of carbonyl (C=O) groups is 1. The van der Waals surface area contributed by atoms with Crippen LogP contribution < -0.4 is 10.6 Å². The molecule has 3 nitrogen and oxygen atoms in total. The highest BCUT2D eigenvalue weighted by Gasteiger charge is 2.57. The van der Waals surface area contributed by atoms with E-state index in [9.17, 15) is 4.79 Å². The van der Waals surface area contributed by atoms with Gasteiger partial charge in [0.05, 0.1) is 0 Å². The zero-order chi connectivity index (χ0) is 14.2. The summed E-state index contributed by atoms with van der Waals surface area (Å²) in [6.07, 6.45) is 4.39. The van der Waals surface area contributed by atoms with E-state index in [1.54, 1.807) is 0 Å². The molecule has 2 aliphatic rings. The maximum Gasteiger partial charge on any atom is 0.228 e. The van der Waals surface area contributed by atoms with Crippen molar-refractivity contribution in [1.29, 1.82) is 0 Å². The molecule has 3 heteroatoms. The number of nitrogens with one attached hydrogen (secondary N) is 2. The average molecular weight is 272 g/mol. The van der Waals surface area contributed by atoms with Gasteiger partial charge in [0.2, 0.25) is 5.91 Å². The van der Waals surface area contributed by atoms with E-state index in [0.29, 0.717) is 5.41 Å². The van der Waals surface area contributed by atoms with E-state index in [0.717, 1.165) is 44.5 Å². The molecule has 2 N–H and O–H groups in total. The number of aryl methyl sites for hydroxylation is 2. The van der Waals surface area contributed by atoms with E-state index in [1.165, 1.54) is 11.1 Å². The summed E-state index contributed by atoms with van der Waals surface area (Å²) in [6, 6.07) is 6.23. The lowest BCUT2D eigenvalue weighted by molar-refractivity contribution is -0.118. The van der Waals surface area contributed by atoms with Crippen LogP contribution in [0.1, 0.15) is 37.3 Å². The van der Waals surface area contributed by atoms with Gasteiger partial charge in [-0.05, 0) is 74.4 Å². The van der Waals surface area contributed by atoms with E-state index >= 15 is 0 Å². The Balaban J connectivity index is 1.65. The van der Waals surface area contributed by atoms with Crippen molar-refractivity contribution in [2.75, 3.05) is 18.4 Å². The molecule has 1 amide bonds. The summed E-state index contributed by atoms with van der Waals surface area (Å²) in [7, 11) is 0. The third-order valence-electron chi connectivity index (χ3n) is 5.10. The molecule has 2 fully saturated rings. The monoisotopic (exact) mass is 272 g/mol. The van der Waals surface area contributed by atoms with Crippen molar-refractivity contribution in [3.8, 4) is 0 Å². The van der Waals surface area contributed by atoms with E-state index in [2.05, 4.69) is 36.6 Å². The fraction of sp³-hybridized carbons (Fsp3) is 0.588. The minimum atomic E-state index is 0.220. The van der Waals surface area contributed by atoms with Crippen LogP contribution in [0.4, 0.5) is 5.69 Å². The van der Waals surface area contributed by atoms with Crippen LogP contribution in [0.3, 0.4) is 0 Å². The summed E-state index contributed by atoms with van der Waals surface area (Å²) >= 11 is 0. The third-order valence-corrected chi connectivity index (χ3v) is 5.10. The molecule has 108 valence electrons. The van der Waals surface area contributed by atoms with Gasteiger partial charge in [0.15, 0.2) is 0 Å². The molecule has 1 saturated heterocycles. The molecule has 1 aromatic rings. The second-order valence-corrected chi connectivity index (χ2v) is 6.35. The molecule has 0 bridgehead atoms. The van der Waals surface area contributed by atoms with Crippen molar-refractivity contribution in [3.05, 3.63) is 29.3 Å². The van der Waals surface area contributed by atoms with Gasteiger partial charge in [-0.2, -0.15) is 0 Å². The summed E-state index contributed by atoms with van der Waals surface area (Å²) in [6.45, 7) is 6.40. The molecule has 3 rings (SSSR count). The largest absolute Gasteiger partial charge is 0.326 e. The fourth-order valence-corrected chi connectivity index (χ4v) is 3.56. The van der Waals surface area contributed by atoms with Crippen molar-refractivity contribution < 1.29 is 4.79 Å². The topological polar surface area (TPSA) is 41.1 Å². The Bertz CT molecular complexity index is 518. The molecular weight excluding hydrogens is 248 g/mol. The van der Waals surface area contributed by atoms with Crippen LogP contribution in [0.2, 0.25) is 0 Å². The smallest absolute Gasteiger partial charge is 0.228 e. The molecule has 1 saturated carbocycles. The highest BCUT2D eigenvalue weighted by atomic mass is 16.2. The van der Waals surface area contributed by atoms with Crippen LogP contribution in [-0.2, 0) is 11.2 Å². The Morgan fingerprint density at radius 1 is 1.40 bits per heavy atom. The lowest BCUT2D eigenvalue weighted by Gasteiger charge is -2.23. The van der Waals surface area contributed by atoms with Gasteiger partial charge in [-0.1, -0.05) is 13.0 Å². The van der Waals surface area contributed by atoms with Crippen LogP contribution in [0.25, 0.3) is 0 Å². The van der Waals surface area contributed by atoms with Crippen molar-refractivity contribution in [2.24, 2.45) is 11.3 Å². The lowest BCUT2D eigenvalue weighted by Crippen LogP contribution is -2.31. The van der Waals surface area contributed by atoms with Gasteiger partial charge in [0, 0.05) is 11.6 Å². The minimum absolute atomic E-state index is 0.220. The molecule has 1 heterocycles. The number of anilines is 1. The van der Waals surface area contributed by atoms with Gasteiger partial charge < -0.3 is 10.6 Å². The van der Waals surface area contributed by atoms with Crippen LogP contribution in [0.15, 0.2) is 18.2 Å². The first-order valence-electron chi connectivity index (χ1n) is 7.76. The molecule has 1 aliphatic carbocycles. The first-order valence-corrected chi connectivity index (χ1v) is 7.76. The Kier molecular flexibility index (Phi) is 3.55. The molecule has 20 heavy (non-hydrogen) atoms. The van der Waals surface area contributed by atoms with Gasteiger partial charge >= 0.3 is 0 Å². The number of amides is 1. The number of hydrogen-bond donors (Lipinski definition) is 2. The second-order valence-electron chi connectivity index (χ2n) is 6.35. The summed E-state index contributed by atoms with van der Waals surface area (Å²) < 4.78 is 0. The summed E-state index contributed by atoms with van der Waals surface area (Å²) in [5, 5.41) is 6.50. The Morgan fingerprint density at radius 2 is 2.15 bits per heavy atom. The number of piperidine rings is 1. The second kappa shape index (κ2) is 5.21. The van der Waals surface area contributed by atoms with Gasteiger partial charge in [0.25, 0.3) is 0 Å². The zero-order valence-electron chi connectivity index (χ0n) is 12.5. The lowest BCUT2D eigenvalue weighted by atomic mass is 9.91. The quantitative estimate of drug-likeness (QED) is 0.888. The molecular formula is C17H24N2O. The van der Waals surface area contributed by atoms with Crippen molar-refractivity contribution in [2.45, 2.75) is 39.5 Å². The maximum absolute atomic E-state index is 12.4. The molecule has 1 aliphatic heterocycles. The molecule has 1 unspecified atom stereocenters. The van der Waals surface area contributed by atoms with Gasteiger partial charge in [-0.3, -0.25) is 4.79 Å². The molecule has 1 atom stereocenters. The van der Waals surface area contributed by atoms with Gasteiger partial charge in [-0.25, -0.2) is 0 Å². The predicted octanol–water partition coefficient (Wildman–Crippen LogP) is 2.89. The van der Waals surface area contributed by atoms with E-state index in [1.807, 2.05) is 6.07 Å². The van der Waals surface area contributed by atoms with Crippen molar-refractivity contribution >= 4 is 11.6 Å². The molecule has 0 aromatic heterocycles. The standard InChI is InChI=1S/C17H24N2O/c1-3-13-10-14(5-4-12(13)2)19-16(20)15-11-17(15)6-8-18-9-7-17/h4-5,10,15,18H,3,6-9,11H2,1-2H3,(H,19,20). The summed E-state index contributed by atoms with van der Waals surface area (Å²) in [4.78, 5) is 12.4. The van der Waals surface area contributed by atoms with Crippen LogP contribution >= 0.6 is 0 Å². The first-order chi connectivity index (χ1) is 9.64. The zero-order valence-corrected chi connectivity index (χ0v) is 12.5. The van der Waals surface area contributed by atoms with Crippen molar-refractivity contribution in [1.82, 2.24) is 5.32 Å². The van der Waals surface area contributed by atoms with Crippen LogP contribution in [0, 0.1) is 18.3 Å². The predicted molar refractivity (Wildman–Crippen MR) is 81.8 cm³/mol. The third kappa shape index (κ3) is 2.47. The Labute approximate surface area is 121 Å². The fourth-order valence-electron chi connectivity index (χ4n) is 3.56. The van der Waals surface area contributed by atoms with E-state index in [4.69, 9.17) is 0 Å². The first kappa shape index (κ1) is 13.6.